The van der Waals surface area contributed by atoms with Gasteiger partial charge in [-0.1, -0.05) is 80.6 Å². The Morgan fingerprint density at radius 2 is 1.45 bits per heavy atom. The van der Waals surface area contributed by atoms with E-state index < -0.39 is 0 Å². The van der Waals surface area contributed by atoms with Crippen LogP contribution in [0.3, 0.4) is 0 Å². The maximum Gasteiger partial charge on any atom is 0.153 e. The highest BCUT2D eigenvalue weighted by Gasteiger charge is 2.26. The first-order valence-corrected chi connectivity index (χ1v) is 7.84. The van der Waals surface area contributed by atoms with Crippen molar-refractivity contribution in [3.63, 3.8) is 0 Å². The predicted molar refractivity (Wildman–Crippen MR) is 90.5 cm³/mol. The fraction of sp³-hybridized carbons (Fsp3) is 0.300. The molecule has 0 amide bonds. The Bertz CT molecular complexity index is 536. The molecule has 0 aromatic heterocycles. The molecule has 2 aromatic rings. The van der Waals surface area contributed by atoms with Crippen LogP contribution in [0, 0.1) is 0 Å². The van der Waals surface area contributed by atoms with E-state index in [0.717, 1.165) is 30.6 Å². The summed E-state index contributed by atoms with van der Waals surface area (Å²) in [5, 5.41) is 0. The van der Waals surface area contributed by atoms with Crippen LogP contribution >= 0.6 is 0 Å². The number of hydrogen-bond acceptors (Lipinski definition) is 2. The SMILES string of the molecule is C=CO[C@H](c1ccccc1)[C@@H](OCCCC)c1ccccc1. The van der Waals surface area contributed by atoms with Gasteiger partial charge in [0.15, 0.2) is 6.10 Å². The zero-order chi connectivity index (χ0) is 15.6. The number of ether oxygens (including phenoxy) is 2. The van der Waals surface area contributed by atoms with Crippen molar-refractivity contribution in [2.75, 3.05) is 6.61 Å². The van der Waals surface area contributed by atoms with Crippen molar-refractivity contribution in [3.05, 3.63) is 84.6 Å². The van der Waals surface area contributed by atoms with E-state index in [-0.39, 0.29) is 12.2 Å². The third kappa shape index (κ3) is 4.47. The third-order valence-electron chi connectivity index (χ3n) is 3.57. The molecule has 2 atom stereocenters. The molecule has 0 bridgehead atoms. The lowest BCUT2D eigenvalue weighted by Gasteiger charge is -2.27. The first-order valence-electron chi connectivity index (χ1n) is 7.84. The Kier molecular flexibility index (Phi) is 6.72. The van der Waals surface area contributed by atoms with Crippen LogP contribution < -0.4 is 0 Å². The molecule has 2 rings (SSSR count). The summed E-state index contributed by atoms with van der Waals surface area (Å²) in [6.07, 6.45) is 3.31. The zero-order valence-electron chi connectivity index (χ0n) is 13.2. The van der Waals surface area contributed by atoms with Gasteiger partial charge in [0.2, 0.25) is 0 Å². The van der Waals surface area contributed by atoms with Crippen molar-refractivity contribution in [2.45, 2.75) is 32.0 Å². The maximum atomic E-state index is 6.16. The third-order valence-corrected chi connectivity index (χ3v) is 3.57. The highest BCUT2D eigenvalue weighted by atomic mass is 16.5. The van der Waals surface area contributed by atoms with Crippen molar-refractivity contribution in [1.82, 2.24) is 0 Å². The Hall–Kier alpha value is -2.06. The van der Waals surface area contributed by atoms with Gasteiger partial charge in [0.25, 0.3) is 0 Å². The molecule has 2 heteroatoms. The van der Waals surface area contributed by atoms with Gasteiger partial charge in [-0.15, -0.1) is 0 Å². The lowest BCUT2D eigenvalue weighted by atomic mass is 9.98. The molecule has 0 aliphatic carbocycles. The summed E-state index contributed by atoms with van der Waals surface area (Å²) in [5.74, 6) is 0. The van der Waals surface area contributed by atoms with E-state index in [1.807, 2.05) is 36.4 Å². The normalized spacial score (nSPS) is 13.3. The molecule has 2 aromatic carbocycles. The summed E-state index contributed by atoms with van der Waals surface area (Å²) < 4.78 is 12.0. The summed E-state index contributed by atoms with van der Waals surface area (Å²) >= 11 is 0. The molecule has 116 valence electrons. The minimum Gasteiger partial charge on any atom is -0.491 e. The second-order valence-electron chi connectivity index (χ2n) is 5.19. The molecule has 0 aliphatic rings. The van der Waals surface area contributed by atoms with Crippen LogP contribution in [0.15, 0.2) is 73.5 Å². The molecule has 0 heterocycles. The van der Waals surface area contributed by atoms with Gasteiger partial charge in [0.1, 0.15) is 6.10 Å². The minimum atomic E-state index is -0.196. The van der Waals surface area contributed by atoms with Gasteiger partial charge in [-0.25, -0.2) is 0 Å². The van der Waals surface area contributed by atoms with Crippen LogP contribution in [0.1, 0.15) is 43.1 Å². The molecule has 0 fully saturated rings. The van der Waals surface area contributed by atoms with Crippen LogP contribution in [0.25, 0.3) is 0 Å². The Morgan fingerprint density at radius 3 is 1.95 bits per heavy atom. The first kappa shape index (κ1) is 16.3. The standard InChI is InChI=1S/C20H24O2/c1-3-5-16-22-20(18-14-10-7-11-15-18)19(21-4-2)17-12-8-6-9-13-17/h4,6-15,19-20H,2-3,5,16H2,1H3/t19-,20+/m1/s1. The van der Waals surface area contributed by atoms with Crippen LogP contribution in [0.5, 0.6) is 0 Å². The molecule has 0 aliphatic heterocycles. The fourth-order valence-electron chi connectivity index (χ4n) is 2.43. The highest BCUT2D eigenvalue weighted by Crippen LogP contribution is 2.35. The number of hydrogen-bond donors (Lipinski definition) is 0. The summed E-state index contributed by atoms with van der Waals surface area (Å²) in [6.45, 7) is 6.61. The highest BCUT2D eigenvalue weighted by molar-refractivity contribution is 5.25. The lowest BCUT2D eigenvalue weighted by molar-refractivity contribution is -0.0478. The van der Waals surface area contributed by atoms with Gasteiger partial charge in [0, 0.05) is 6.61 Å². The van der Waals surface area contributed by atoms with E-state index >= 15 is 0 Å². The molecule has 0 saturated carbocycles. The Labute approximate surface area is 133 Å². The molecule has 0 radical (unpaired) electrons. The van der Waals surface area contributed by atoms with Gasteiger partial charge in [0.05, 0.1) is 6.26 Å². The quantitative estimate of drug-likeness (QED) is 0.453. The molecular weight excluding hydrogens is 272 g/mol. The average molecular weight is 296 g/mol. The van der Waals surface area contributed by atoms with Gasteiger partial charge in [-0.3, -0.25) is 0 Å². The molecule has 2 nitrogen and oxygen atoms in total. The van der Waals surface area contributed by atoms with E-state index in [2.05, 4.69) is 37.8 Å². The molecule has 22 heavy (non-hydrogen) atoms. The van der Waals surface area contributed by atoms with Gasteiger partial charge < -0.3 is 9.47 Å². The van der Waals surface area contributed by atoms with Crippen LogP contribution in [-0.2, 0) is 9.47 Å². The molecule has 0 saturated heterocycles. The summed E-state index contributed by atoms with van der Waals surface area (Å²) in [5.41, 5.74) is 2.21. The molecular formula is C20H24O2. The molecule has 0 spiro atoms. The smallest absolute Gasteiger partial charge is 0.153 e. The lowest BCUT2D eigenvalue weighted by Crippen LogP contribution is -2.17. The second-order valence-corrected chi connectivity index (χ2v) is 5.19. The summed E-state index contributed by atoms with van der Waals surface area (Å²) in [6, 6.07) is 20.4. The van der Waals surface area contributed by atoms with Crippen molar-refractivity contribution >= 4 is 0 Å². The molecule has 0 N–H and O–H groups in total. The van der Waals surface area contributed by atoms with E-state index in [0.29, 0.717) is 0 Å². The van der Waals surface area contributed by atoms with Crippen molar-refractivity contribution in [3.8, 4) is 0 Å². The first-order chi connectivity index (χ1) is 10.9. The minimum absolute atomic E-state index is 0.145. The predicted octanol–water partition coefficient (Wildman–Crippen LogP) is 5.45. The monoisotopic (exact) mass is 296 g/mol. The summed E-state index contributed by atoms with van der Waals surface area (Å²) in [7, 11) is 0. The summed E-state index contributed by atoms with van der Waals surface area (Å²) in [4.78, 5) is 0. The van der Waals surface area contributed by atoms with Gasteiger partial charge in [-0.2, -0.15) is 0 Å². The van der Waals surface area contributed by atoms with Crippen LogP contribution in [0.4, 0.5) is 0 Å². The van der Waals surface area contributed by atoms with E-state index in [9.17, 15) is 0 Å². The Balaban J connectivity index is 2.29. The number of unbranched alkanes of at least 4 members (excludes halogenated alkanes) is 1. The number of benzene rings is 2. The average Bonchev–Trinajstić information content (AvgIpc) is 2.59. The van der Waals surface area contributed by atoms with Gasteiger partial charge in [-0.05, 0) is 17.5 Å². The zero-order valence-corrected chi connectivity index (χ0v) is 13.2. The van der Waals surface area contributed by atoms with Crippen molar-refractivity contribution in [1.29, 1.82) is 0 Å². The second kappa shape index (κ2) is 9.06. The molecule has 0 unspecified atom stereocenters. The largest absolute Gasteiger partial charge is 0.491 e. The topological polar surface area (TPSA) is 18.5 Å². The van der Waals surface area contributed by atoms with Crippen molar-refractivity contribution in [2.24, 2.45) is 0 Å². The van der Waals surface area contributed by atoms with Crippen molar-refractivity contribution < 1.29 is 9.47 Å². The van der Waals surface area contributed by atoms with Crippen LogP contribution in [0.2, 0.25) is 0 Å². The van der Waals surface area contributed by atoms with Crippen LogP contribution in [-0.4, -0.2) is 6.61 Å². The Morgan fingerprint density at radius 1 is 0.909 bits per heavy atom. The maximum absolute atomic E-state index is 6.16. The van der Waals surface area contributed by atoms with E-state index in [1.54, 1.807) is 0 Å². The van der Waals surface area contributed by atoms with E-state index in [1.165, 1.54) is 6.26 Å². The van der Waals surface area contributed by atoms with Gasteiger partial charge >= 0.3 is 0 Å². The fourth-order valence-corrected chi connectivity index (χ4v) is 2.43. The van der Waals surface area contributed by atoms with E-state index in [4.69, 9.17) is 9.47 Å². The number of rotatable bonds is 9.